The molecule has 0 bridgehead atoms. The second kappa shape index (κ2) is 7.99. The van der Waals surface area contributed by atoms with Crippen LogP contribution in [-0.4, -0.2) is 54.1 Å². The minimum Gasteiger partial charge on any atom is -0.356 e. The Kier molecular flexibility index (Phi) is 6.21. The van der Waals surface area contributed by atoms with E-state index < -0.39 is 9.84 Å². The van der Waals surface area contributed by atoms with Gasteiger partial charge in [0.05, 0.1) is 17.2 Å². The molecule has 2 amide bonds. The molecule has 1 aliphatic heterocycles. The predicted molar refractivity (Wildman–Crippen MR) is 93.8 cm³/mol. The number of nitrogens with zero attached hydrogens (tertiary/aromatic N) is 2. The van der Waals surface area contributed by atoms with E-state index in [2.05, 4.69) is 15.7 Å². The number of hydrogen-bond acceptors (Lipinski definition) is 5. The van der Waals surface area contributed by atoms with Crippen molar-refractivity contribution in [2.75, 3.05) is 18.1 Å². The second-order valence-electron chi connectivity index (χ2n) is 6.54. The average molecular weight is 370 g/mol. The first kappa shape index (κ1) is 19.4. The fourth-order valence-electron chi connectivity index (χ4n) is 3.03. The Hall–Kier alpha value is -1.90. The van der Waals surface area contributed by atoms with Crippen molar-refractivity contribution in [1.29, 1.82) is 0 Å². The number of sulfone groups is 1. The third-order valence-electron chi connectivity index (χ3n) is 4.53. The summed E-state index contributed by atoms with van der Waals surface area (Å²) in [4.78, 5) is 23.7. The lowest BCUT2D eigenvalue weighted by Gasteiger charge is -2.11. The normalized spacial score (nSPS) is 18.9. The van der Waals surface area contributed by atoms with Crippen LogP contribution in [0.1, 0.15) is 36.2 Å². The highest BCUT2D eigenvalue weighted by atomic mass is 32.2. The molecule has 0 saturated carbocycles. The maximum Gasteiger partial charge on any atom is 0.222 e. The van der Waals surface area contributed by atoms with Gasteiger partial charge in [-0.1, -0.05) is 0 Å². The van der Waals surface area contributed by atoms with Crippen LogP contribution in [0.2, 0.25) is 0 Å². The van der Waals surface area contributed by atoms with E-state index >= 15 is 0 Å². The summed E-state index contributed by atoms with van der Waals surface area (Å²) in [6.07, 6.45) is 1.57. The summed E-state index contributed by atoms with van der Waals surface area (Å²) in [6.45, 7) is 4.14. The summed E-state index contributed by atoms with van der Waals surface area (Å²) in [5, 5.41) is 9.75. The Morgan fingerprint density at radius 1 is 1.24 bits per heavy atom. The summed E-state index contributed by atoms with van der Waals surface area (Å²) in [5.74, 6) is -0.211. The van der Waals surface area contributed by atoms with Gasteiger partial charge in [0, 0.05) is 38.2 Å². The Balaban J connectivity index is 1.66. The predicted octanol–water partition coefficient (Wildman–Crippen LogP) is -0.221. The van der Waals surface area contributed by atoms with Gasteiger partial charge in [-0.3, -0.25) is 14.3 Å². The molecule has 1 aromatic rings. The summed E-state index contributed by atoms with van der Waals surface area (Å²) >= 11 is 0. The molecule has 1 fully saturated rings. The molecule has 0 aromatic carbocycles. The minimum absolute atomic E-state index is 0.00884. The number of carbonyl (C=O) groups excluding carboxylic acids is 2. The van der Waals surface area contributed by atoms with Crippen LogP contribution >= 0.6 is 0 Å². The zero-order valence-corrected chi connectivity index (χ0v) is 15.8. The molecule has 2 N–H and O–H groups in total. The zero-order valence-electron chi connectivity index (χ0n) is 15.0. The lowest BCUT2D eigenvalue weighted by atomic mass is 10.1. The molecule has 8 nitrogen and oxygen atoms in total. The van der Waals surface area contributed by atoms with Gasteiger partial charge in [0.15, 0.2) is 9.84 Å². The summed E-state index contributed by atoms with van der Waals surface area (Å²) in [7, 11) is -1.13. The van der Waals surface area contributed by atoms with Crippen molar-refractivity contribution in [3.63, 3.8) is 0 Å². The van der Waals surface area contributed by atoms with Crippen LogP contribution in [0.4, 0.5) is 0 Å². The van der Waals surface area contributed by atoms with Gasteiger partial charge in [0.25, 0.3) is 0 Å². The fraction of sp³-hybridized carbons (Fsp3) is 0.688. The van der Waals surface area contributed by atoms with Gasteiger partial charge in [0.2, 0.25) is 11.8 Å². The molecule has 2 rings (SSSR count). The first-order valence-electron chi connectivity index (χ1n) is 8.43. The van der Waals surface area contributed by atoms with Crippen molar-refractivity contribution in [1.82, 2.24) is 20.4 Å². The van der Waals surface area contributed by atoms with Gasteiger partial charge in [-0.05, 0) is 32.3 Å². The van der Waals surface area contributed by atoms with Crippen molar-refractivity contribution in [2.24, 2.45) is 7.05 Å². The lowest BCUT2D eigenvalue weighted by Crippen LogP contribution is -2.37. The van der Waals surface area contributed by atoms with Crippen molar-refractivity contribution < 1.29 is 18.0 Å². The number of nitrogens with one attached hydrogen (secondary N) is 2. The Morgan fingerprint density at radius 2 is 1.96 bits per heavy atom. The van der Waals surface area contributed by atoms with E-state index in [1.165, 1.54) is 0 Å². The molecule has 1 aliphatic rings. The largest absolute Gasteiger partial charge is 0.356 e. The molecule has 1 aromatic heterocycles. The summed E-state index contributed by atoms with van der Waals surface area (Å²) < 4.78 is 24.5. The number of amides is 2. The van der Waals surface area contributed by atoms with Crippen LogP contribution in [0.5, 0.6) is 0 Å². The SMILES string of the molecule is Cc1nn(C)c(C)c1CCC(=O)NCCC(=O)NC1CCS(=O)(=O)C1. The molecule has 0 aliphatic carbocycles. The zero-order chi connectivity index (χ0) is 18.6. The van der Waals surface area contributed by atoms with E-state index in [1.54, 1.807) is 4.68 Å². The average Bonchev–Trinajstić information content (AvgIpc) is 2.96. The van der Waals surface area contributed by atoms with Gasteiger partial charge in [-0.2, -0.15) is 5.10 Å². The first-order chi connectivity index (χ1) is 11.7. The topological polar surface area (TPSA) is 110 Å². The van der Waals surface area contributed by atoms with Gasteiger partial charge < -0.3 is 10.6 Å². The summed E-state index contributed by atoms with van der Waals surface area (Å²) in [5.41, 5.74) is 3.06. The van der Waals surface area contributed by atoms with Crippen molar-refractivity contribution >= 4 is 21.7 Å². The lowest BCUT2D eigenvalue weighted by molar-refractivity contribution is -0.122. The Labute approximate surface area is 148 Å². The molecule has 2 heterocycles. The fourth-order valence-corrected chi connectivity index (χ4v) is 4.70. The second-order valence-corrected chi connectivity index (χ2v) is 8.77. The monoisotopic (exact) mass is 370 g/mol. The Morgan fingerprint density at radius 3 is 2.52 bits per heavy atom. The molecule has 25 heavy (non-hydrogen) atoms. The van der Waals surface area contributed by atoms with Crippen molar-refractivity contribution in [3.8, 4) is 0 Å². The first-order valence-corrected chi connectivity index (χ1v) is 10.3. The van der Waals surface area contributed by atoms with E-state index in [0.717, 1.165) is 17.0 Å². The molecular weight excluding hydrogens is 344 g/mol. The number of aromatic nitrogens is 2. The maximum atomic E-state index is 11.9. The van der Waals surface area contributed by atoms with Crippen LogP contribution in [0.25, 0.3) is 0 Å². The molecule has 0 spiro atoms. The van der Waals surface area contributed by atoms with Crippen LogP contribution < -0.4 is 10.6 Å². The molecule has 140 valence electrons. The molecular formula is C16H26N4O4S. The van der Waals surface area contributed by atoms with Crippen LogP contribution in [0.15, 0.2) is 0 Å². The van der Waals surface area contributed by atoms with Crippen LogP contribution in [0.3, 0.4) is 0 Å². The molecule has 1 unspecified atom stereocenters. The third-order valence-corrected chi connectivity index (χ3v) is 6.30. The molecule has 0 radical (unpaired) electrons. The number of aryl methyl sites for hydroxylation is 2. The summed E-state index contributed by atoms with van der Waals surface area (Å²) in [6, 6.07) is -0.301. The molecule has 9 heteroatoms. The van der Waals surface area contributed by atoms with E-state index in [-0.39, 0.29) is 42.3 Å². The number of rotatable bonds is 7. The van der Waals surface area contributed by atoms with E-state index in [1.807, 2.05) is 20.9 Å². The van der Waals surface area contributed by atoms with Gasteiger partial charge in [-0.15, -0.1) is 0 Å². The molecule has 1 atom stereocenters. The number of carbonyl (C=O) groups is 2. The van der Waals surface area contributed by atoms with Gasteiger partial charge in [0.1, 0.15) is 0 Å². The van der Waals surface area contributed by atoms with Gasteiger partial charge in [-0.25, -0.2) is 8.42 Å². The smallest absolute Gasteiger partial charge is 0.222 e. The van der Waals surface area contributed by atoms with Crippen molar-refractivity contribution in [2.45, 2.75) is 45.6 Å². The van der Waals surface area contributed by atoms with E-state index in [9.17, 15) is 18.0 Å². The standard InChI is InChI=1S/C16H26N4O4S/c1-11-14(12(2)20(3)19-11)4-5-15(21)17-8-6-16(22)18-13-7-9-25(23,24)10-13/h13H,4-10H2,1-3H3,(H,17,21)(H,18,22). The highest BCUT2D eigenvalue weighted by molar-refractivity contribution is 7.91. The quantitative estimate of drug-likeness (QED) is 0.689. The van der Waals surface area contributed by atoms with Crippen molar-refractivity contribution in [3.05, 3.63) is 17.0 Å². The highest BCUT2D eigenvalue weighted by Crippen LogP contribution is 2.14. The third kappa shape index (κ3) is 5.55. The van der Waals surface area contributed by atoms with Crippen LogP contribution in [0, 0.1) is 13.8 Å². The minimum atomic E-state index is -3.01. The Bertz CT molecular complexity index is 754. The number of hydrogen-bond donors (Lipinski definition) is 2. The van der Waals surface area contributed by atoms with E-state index in [4.69, 9.17) is 0 Å². The van der Waals surface area contributed by atoms with Crippen LogP contribution in [-0.2, 0) is 32.9 Å². The highest BCUT2D eigenvalue weighted by Gasteiger charge is 2.28. The van der Waals surface area contributed by atoms with E-state index in [0.29, 0.717) is 19.3 Å². The van der Waals surface area contributed by atoms with Gasteiger partial charge >= 0.3 is 0 Å². The molecule has 1 saturated heterocycles. The maximum absolute atomic E-state index is 11.9.